The number of carbonyl (C=O) groups excluding carboxylic acids is 1. The van der Waals surface area contributed by atoms with Gasteiger partial charge in [0.15, 0.2) is 0 Å². The molecule has 4 aromatic rings. The average molecular weight is 535 g/mol. The molecule has 0 radical (unpaired) electrons. The zero-order valence-electron chi connectivity index (χ0n) is 22.2. The first-order chi connectivity index (χ1) is 18.3. The molecule has 0 spiro atoms. The second-order valence-corrected chi connectivity index (χ2v) is 11.3. The zero-order chi connectivity index (χ0) is 26.7. The molecule has 1 aliphatic heterocycles. The molecule has 1 fully saturated rings. The molecular formula is C28H34N6O3S. The number of carbonyl (C=O) groups is 1. The molecule has 2 N–H and O–H groups in total. The summed E-state index contributed by atoms with van der Waals surface area (Å²) in [6.07, 6.45) is 1.84. The number of nitrogens with one attached hydrogen (secondary N) is 2. The molecular weight excluding hydrogens is 500 g/mol. The van der Waals surface area contributed by atoms with Gasteiger partial charge < -0.3 is 14.8 Å². The Balaban J connectivity index is 1.22. The van der Waals surface area contributed by atoms with Gasteiger partial charge in [0.2, 0.25) is 0 Å². The lowest BCUT2D eigenvalue weighted by molar-refractivity contribution is -0.0329. The summed E-state index contributed by atoms with van der Waals surface area (Å²) in [5.41, 5.74) is 1.52. The minimum Gasteiger partial charge on any atom is -0.492 e. The molecule has 0 bridgehead atoms. The molecule has 1 atom stereocenters. The second-order valence-electron chi connectivity index (χ2n) is 10.4. The fraction of sp³-hybridized carbons (Fsp3) is 0.393. The standard InChI is InChI=1S/C28H34N6O3S/c1-28(2,3)24-17-25(33(4)32-24)31-27(35)30-21-9-10-22(20-8-6-5-7-19(20)21)36-14-12-34-13-15-37-23(18-34)26-29-11-16-38-26/h5-11,16-17,23H,12-15,18H2,1-4H3,(H2,30,31,35). The van der Waals surface area contributed by atoms with Gasteiger partial charge in [0, 0.05) is 60.5 Å². The third-order valence-corrected chi connectivity index (χ3v) is 7.43. The van der Waals surface area contributed by atoms with Crippen molar-refractivity contribution in [3.63, 3.8) is 0 Å². The molecule has 2 aromatic carbocycles. The fourth-order valence-corrected chi connectivity index (χ4v) is 5.14. The summed E-state index contributed by atoms with van der Waals surface area (Å²) in [7, 11) is 1.82. The molecule has 10 heteroatoms. The number of thiazole rings is 1. The van der Waals surface area contributed by atoms with Crippen LogP contribution in [0, 0.1) is 0 Å². The Morgan fingerprint density at radius 2 is 2.00 bits per heavy atom. The van der Waals surface area contributed by atoms with E-state index in [1.807, 2.05) is 61.1 Å². The van der Waals surface area contributed by atoms with Crippen LogP contribution in [0.25, 0.3) is 10.8 Å². The number of hydrogen-bond acceptors (Lipinski definition) is 7. The van der Waals surface area contributed by atoms with Gasteiger partial charge in [-0.25, -0.2) is 9.78 Å². The van der Waals surface area contributed by atoms with Gasteiger partial charge in [0.1, 0.15) is 29.3 Å². The predicted molar refractivity (Wildman–Crippen MR) is 151 cm³/mol. The number of nitrogens with zero attached hydrogens (tertiary/aromatic N) is 4. The second kappa shape index (κ2) is 11.1. The lowest BCUT2D eigenvalue weighted by Crippen LogP contribution is -2.40. The molecule has 0 aliphatic carbocycles. The van der Waals surface area contributed by atoms with E-state index in [1.165, 1.54) is 0 Å². The lowest BCUT2D eigenvalue weighted by atomic mass is 9.92. The minimum atomic E-state index is -0.325. The third kappa shape index (κ3) is 5.98. The topological polar surface area (TPSA) is 93.5 Å². The smallest absolute Gasteiger partial charge is 0.324 e. The zero-order valence-corrected chi connectivity index (χ0v) is 23.0. The summed E-state index contributed by atoms with van der Waals surface area (Å²) < 4.78 is 13.8. The van der Waals surface area contributed by atoms with E-state index < -0.39 is 0 Å². The van der Waals surface area contributed by atoms with Gasteiger partial charge in [-0.3, -0.25) is 14.9 Å². The van der Waals surface area contributed by atoms with Crippen LogP contribution in [0.1, 0.15) is 37.6 Å². The number of anilines is 2. The summed E-state index contributed by atoms with van der Waals surface area (Å²) in [4.78, 5) is 19.6. The van der Waals surface area contributed by atoms with Crippen molar-refractivity contribution < 1.29 is 14.3 Å². The molecule has 3 heterocycles. The Labute approximate surface area is 226 Å². The molecule has 1 unspecified atom stereocenters. The number of ether oxygens (including phenoxy) is 2. The molecule has 200 valence electrons. The van der Waals surface area contributed by atoms with Crippen molar-refractivity contribution in [3.05, 3.63) is 64.7 Å². The van der Waals surface area contributed by atoms with Gasteiger partial charge in [0.25, 0.3) is 0 Å². The number of aromatic nitrogens is 3. The maximum absolute atomic E-state index is 12.9. The van der Waals surface area contributed by atoms with Crippen molar-refractivity contribution in [3.8, 4) is 5.75 Å². The van der Waals surface area contributed by atoms with E-state index in [1.54, 1.807) is 16.0 Å². The van der Waals surface area contributed by atoms with E-state index in [-0.39, 0.29) is 17.6 Å². The van der Waals surface area contributed by atoms with E-state index in [0.29, 0.717) is 24.7 Å². The molecule has 5 rings (SSSR count). The highest BCUT2D eigenvalue weighted by atomic mass is 32.1. The highest BCUT2D eigenvalue weighted by Crippen LogP contribution is 2.32. The summed E-state index contributed by atoms with van der Waals surface area (Å²) in [6.45, 7) is 9.99. The average Bonchev–Trinajstić information content (AvgIpc) is 3.56. The van der Waals surface area contributed by atoms with Crippen LogP contribution >= 0.6 is 11.3 Å². The van der Waals surface area contributed by atoms with E-state index in [0.717, 1.165) is 46.9 Å². The van der Waals surface area contributed by atoms with Crippen molar-refractivity contribution in [2.45, 2.75) is 32.3 Å². The van der Waals surface area contributed by atoms with Gasteiger partial charge in [-0.05, 0) is 12.1 Å². The summed E-state index contributed by atoms with van der Waals surface area (Å²) in [6, 6.07) is 13.3. The first kappa shape index (κ1) is 26.1. The maximum Gasteiger partial charge on any atom is 0.324 e. The van der Waals surface area contributed by atoms with Gasteiger partial charge in [-0.1, -0.05) is 45.0 Å². The molecule has 2 aromatic heterocycles. The van der Waals surface area contributed by atoms with Crippen LogP contribution in [-0.4, -0.2) is 58.5 Å². The number of fused-ring (bicyclic) bond motifs is 1. The largest absolute Gasteiger partial charge is 0.492 e. The number of rotatable bonds is 7. The Hall–Kier alpha value is -3.47. The summed E-state index contributed by atoms with van der Waals surface area (Å²) >= 11 is 1.63. The third-order valence-electron chi connectivity index (χ3n) is 6.56. The number of benzene rings is 2. The van der Waals surface area contributed by atoms with E-state index >= 15 is 0 Å². The van der Waals surface area contributed by atoms with Crippen molar-refractivity contribution in [1.29, 1.82) is 0 Å². The SMILES string of the molecule is Cn1nc(C(C)(C)C)cc1NC(=O)Nc1ccc(OCCN2CCOC(c3nccs3)C2)c2ccccc12. The Bertz CT molecular complexity index is 1400. The summed E-state index contributed by atoms with van der Waals surface area (Å²) in [5, 5.41) is 15.3. The lowest BCUT2D eigenvalue weighted by Gasteiger charge is -2.31. The highest BCUT2D eigenvalue weighted by molar-refractivity contribution is 7.09. The quantitative estimate of drug-likeness (QED) is 0.329. The van der Waals surface area contributed by atoms with E-state index in [2.05, 4.69) is 46.4 Å². The van der Waals surface area contributed by atoms with Crippen molar-refractivity contribution in [1.82, 2.24) is 19.7 Å². The molecule has 38 heavy (non-hydrogen) atoms. The van der Waals surface area contributed by atoms with Crippen molar-refractivity contribution in [2.75, 3.05) is 43.5 Å². The van der Waals surface area contributed by atoms with Crippen LogP contribution in [-0.2, 0) is 17.2 Å². The first-order valence-corrected chi connectivity index (χ1v) is 13.7. The molecule has 1 saturated heterocycles. The van der Waals surface area contributed by atoms with Crippen molar-refractivity contribution >= 4 is 39.6 Å². The maximum atomic E-state index is 12.9. The molecule has 2 amide bonds. The fourth-order valence-electron chi connectivity index (χ4n) is 4.46. The number of amides is 2. The molecule has 0 saturated carbocycles. The van der Waals surface area contributed by atoms with Crippen LogP contribution < -0.4 is 15.4 Å². The van der Waals surface area contributed by atoms with Crippen LogP contribution in [0.3, 0.4) is 0 Å². The summed E-state index contributed by atoms with van der Waals surface area (Å²) in [5.74, 6) is 1.43. The van der Waals surface area contributed by atoms with Crippen LogP contribution in [0.5, 0.6) is 5.75 Å². The Morgan fingerprint density at radius 1 is 1.18 bits per heavy atom. The number of aryl methyl sites for hydroxylation is 1. The van der Waals surface area contributed by atoms with Crippen LogP contribution in [0.2, 0.25) is 0 Å². The van der Waals surface area contributed by atoms with Gasteiger partial charge in [-0.15, -0.1) is 11.3 Å². The number of hydrogen-bond donors (Lipinski definition) is 2. The van der Waals surface area contributed by atoms with Crippen LogP contribution in [0.4, 0.5) is 16.3 Å². The molecule has 1 aliphatic rings. The van der Waals surface area contributed by atoms with Gasteiger partial charge in [0.05, 0.1) is 18.0 Å². The highest BCUT2D eigenvalue weighted by Gasteiger charge is 2.24. The minimum absolute atomic E-state index is 0.0208. The van der Waals surface area contributed by atoms with E-state index in [4.69, 9.17) is 9.47 Å². The Kier molecular flexibility index (Phi) is 7.64. The molecule has 9 nitrogen and oxygen atoms in total. The van der Waals surface area contributed by atoms with E-state index in [9.17, 15) is 4.79 Å². The number of urea groups is 1. The first-order valence-electron chi connectivity index (χ1n) is 12.8. The van der Waals surface area contributed by atoms with Gasteiger partial charge >= 0.3 is 6.03 Å². The normalized spacial score (nSPS) is 16.5. The Morgan fingerprint density at radius 3 is 2.74 bits per heavy atom. The number of morpholine rings is 1. The van der Waals surface area contributed by atoms with Crippen molar-refractivity contribution in [2.24, 2.45) is 7.05 Å². The predicted octanol–water partition coefficient (Wildman–Crippen LogP) is 5.42. The van der Waals surface area contributed by atoms with Gasteiger partial charge in [-0.2, -0.15) is 5.10 Å². The monoisotopic (exact) mass is 534 g/mol. The van der Waals surface area contributed by atoms with Crippen LogP contribution in [0.15, 0.2) is 54.0 Å².